The summed E-state index contributed by atoms with van der Waals surface area (Å²) in [7, 11) is 0. The van der Waals surface area contributed by atoms with Crippen molar-refractivity contribution in [3.8, 4) is 0 Å². The van der Waals surface area contributed by atoms with Gasteiger partial charge >= 0.3 is 0 Å². The van der Waals surface area contributed by atoms with E-state index in [1.54, 1.807) is 25.4 Å². The predicted molar refractivity (Wildman–Crippen MR) is 93.0 cm³/mol. The van der Waals surface area contributed by atoms with Gasteiger partial charge in [-0.05, 0) is 19.1 Å². The number of fused-ring (bicyclic) bond motifs is 1. The van der Waals surface area contributed by atoms with E-state index in [0.717, 1.165) is 0 Å². The van der Waals surface area contributed by atoms with E-state index in [-0.39, 0.29) is 18.4 Å². The van der Waals surface area contributed by atoms with Crippen molar-refractivity contribution < 1.29 is 9.59 Å². The Morgan fingerprint density at radius 3 is 3.08 bits per heavy atom. The lowest BCUT2D eigenvalue weighted by Gasteiger charge is -2.30. The Morgan fingerprint density at radius 1 is 1.50 bits per heavy atom. The van der Waals surface area contributed by atoms with Gasteiger partial charge in [-0.3, -0.25) is 14.5 Å². The molecule has 1 aliphatic rings. The zero-order valence-corrected chi connectivity index (χ0v) is 14.0. The maximum Gasteiger partial charge on any atom is 0.244 e. The summed E-state index contributed by atoms with van der Waals surface area (Å²) >= 11 is 1.31. The molecule has 0 saturated heterocycles. The standard InChI is InChI=1S/C16H17N5O2S/c1-3-8-20-10-17-19-16(20)24-11(2)15(23)21-9-14(22)18-12-6-4-5-7-13(12)21/h3-7,10-11H,1,8-9H2,2H3,(H,18,22)/t11-/m1/s1. The molecule has 0 saturated carbocycles. The summed E-state index contributed by atoms with van der Waals surface area (Å²) in [5.41, 5.74) is 1.36. The van der Waals surface area contributed by atoms with Crippen LogP contribution in [0.3, 0.4) is 0 Å². The summed E-state index contributed by atoms with van der Waals surface area (Å²) in [6, 6.07) is 7.27. The number of nitrogens with zero attached hydrogens (tertiary/aromatic N) is 4. The molecule has 2 aromatic rings. The van der Waals surface area contributed by atoms with Crippen LogP contribution < -0.4 is 10.2 Å². The fourth-order valence-electron chi connectivity index (χ4n) is 2.46. The molecule has 1 atom stereocenters. The molecule has 1 aromatic carbocycles. The molecule has 0 radical (unpaired) electrons. The monoisotopic (exact) mass is 343 g/mol. The Kier molecular flexibility index (Phi) is 4.66. The lowest BCUT2D eigenvalue weighted by atomic mass is 10.2. The van der Waals surface area contributed by atoms with Crippen LogP contribution in [0.5, 0.6) is 0 Å². The minimum Gasteiger partial charge on any atom is -0.323 e. The van der Waals surface area contributed by atoms with E-state index in [9.17, 15) is 9.59 Å². The summed E-state index contributed by atoms with van der Waals surface area (Å²) < 4.78 is 1.82. The second-order valence-electron chi connectivity index (χ2n) is 5.30. The molecule has 0 fully saturated rings. The summed E-state index contributed by atoms with van der Waals surface area (Å²) in [4.78, 5) is 26.2. The number of carbonyl (C=O) groups excluding carboxylic acids is 2. The third kappa shape index (κ3) is 3.18. The van der Waals surface area contributed by atoms with Gasteiger partial charge in [-0.25, -0.2) is 0 Å². The lowest BCUT2D eigenvalue weighted by molar-refractivity contribution is -0.121. The maximum atomic E-state index is 12.8. The average Bonchev–Trinajstić information content (AvgIpc) is 3.00. The molecule has 3 rings (SSSR count). The van der Waals surface area contributed by atoms with Crippen LogP contribution in [0.1, 0.15) is 6.92 Å². The van der Waals surface area contributed by atoms with Crippen LogP contribution in [0.2, 0.25) is 0 Å². The molecule has 8 heteroatoms. The molecular formula is C16H17N5O2S. The van der Waals surface area contributed by atoms with E-state index >= 15 is 0 Å². The second kappa shape index (κ2) is 6.88. The average molecular weight is 343 g/mol. The van der Waals surface area contributed by atoms with Crippen molar-refractivity contribution >= 4 is 35.0 Å². The smallest absolute Gasteiger partial charge is 0.244 e. The zero-order valence-electron chi connectivity index (χ0n) is 13.2. The molecule has 0 aliphatic carbocycles. The summed E-state index contributed by atoms with van der Waals surface area (Å²) in [5, 5.41) is 10.9. The van der Waals surface area contributed by atoms with E-state index in [1.807, 2.05) is 22.8 Å². The number of benzene rings is 1. The van der Waals surface area contributed by atoms with E-state index in [2.05, 4.69) is 22.1 Å². The molecule has 2 amide bonds. The van der Waals surface area contributed by atoms with Crippen molar-refractivity contribution in [1.82, 2.24) is 14.8 Å². The first-order valence-electron chi connectivity index (χ1n) is 7.45. The molecule has 124 valence electrons. The number of allylic oxidation sites excluding steroid dienone is 1. The van der Waals surface area contributed by atoms with Crippen LogP contribution in [-0.2, 0) is 16.1 Å². The molecule has 7 nitrogen and oxygen atoms in total. The number of amides is 2. The Bertz CT molecular complexity index is 788. The van der Waals surface area contributed by atoms with Crippen LogP contribution in [0.4, 0.5) is 11.4 Å². The van der Waals surface area contributed by atoms with Gasteiger partial charge in [0.05, 0.1) is 16.6 Å². The number of hydrogen-bond acceptors (Lipinski definition) is 5. The van der Waals surface area contributed by atoms with Gasteiger partial charge in [0.2, 0.25) is 11.8 Å². The Morgan fingerprint density at radius 2 is 2.29 bits per heavy atom. The summed E-state index contributed by atoms with van der Waals surface area (Å²) in [6.07, 6.45) is 3.34. The van der Waals surface area contributed by atoms with Crippen LogP contribution in [0.15, 0.2) is 48.4 Å². The maximum absolute atomic E-state index is 12.8. The molecule has 1 aliphatic heterocycles. The van der Waals surface area contributed by atoms with Gasteiger partial charge in [0.25, 0.3) is 0 Å². The second-order valence-corrected chi connectivity index (χ2v) is 6.61. The number of aromatic nitrogens is 3. The topological polar surface area (TPSA) is 80.1 Å². The Hall–Kier alpha value is -2.61. The molecule has 1 aromatic heterocycles. The normalized spacial score (nSPS) is 14.7. The van der Waals surface area contributed by atoms with Crippen molar-refractivity contribution in [3.63, 3.8) is 0 Å². The van der Waals surface area contributed by atoms with E-state index in [0.29, 0.717) is 23.1 Å². The van der Waals surface area contributed by atoms with Crippen molar-refractivity contribution in [3.05, 3.63) is 43.2 Å². The number of hydrogen-bond donors (Lipinski definition) is 1. The Balaban J connectivity index is 1.80. The minimum absolute atomic E-state index is 0.0140. The minimum atomic E-state index is -0.406. The molecular weight excluding hydrogens is 326 g/mol. The van der Waals surface area contributed by atoms with Crippen LogP contribution in [-0.4, -0.2) is 38.4 Å². The molecule has 0 spiro atoms. The van der Waals surface area contributed by atoms with Gasteiger partial charge in [-0.1, -0.05) is 30.0 Å². The molecule has 0 unspecified atom stereocenters. The highest BCUT2D eigenvalue weighted by molar-refractivity contribution is 8.00. The first kappa shape index (κ1) is 16.3. The zero-order chi connectivity index (χ0) is 17.1. The molecule has 0 bridgehead atoms. The Labute approximate surface area is 143 Å². The van der Waals surface area contributed by atoms with E-state index in [4.69, 9.17) is 0 Å². The van der Waals surface area contributed by atoms with Crippen LogP contribution >= 0.6 is 11.8 Å². The number of anilines is 2. The largest absolute Gasteiger partial charge is 0.323 e. The highest BCUT2D eigenvalue weighted by atomic mass is 32.2. The highest BCUT2D eigenvalue weighted by Crippen LogP contribution is 2.31. The highest BCUT2D eigenvalue weighted by Gasteiger charge is 2.30. The van der Waals surface area contributed by atoms with Gasteiger partial charge < -0.3 is 9.88 Å². The van der Waals surface area contributed by atoms with E-state index < -0.39 is 5.25 Å². The predicted octanol–water partition coefficient (Wildman–Crippen LogP) is 1.93. The number of para-hydroxylation sites is 2. The van der Waals surface area contributed by atoms with Crippen LogP contribution in [0, 0.1) is 0 Å². The van der Waals surface area contributed by atoms with Gasteiger partial charge in [0.1, 0.15) is 12.9 Å². The lowest BCUT2D eigenvalue weighted by Crippen LogP contribution is -2.45. The van der Waals surface area contributed by atoms with Crippen molar-refractivity contribution in [2.75, 3.05) is 16.8 Å². The van der Waals surface area contributed by atoms with Gasteiger partial charge in [0, 0.05) is 6.54 Å². The van der Waals surface area contributed by atoms with Gasteiger partial charge in [-0.2, -0.15) is 0 Å². The summed E-state index contributed by atoms with van der Waals surface area (Å²) in [6.45, 7) is 6.08. The fraction of sp³-hybridized carbons (Fsp3) is 0.250. The quantitative estimate of drug-likeness (QED) is 0.663. The third-order valence-corrected chi connectivity index (χ3v) is 4.65. The molecule has 2 heterocycles. The number of carbonyl (C=O) groups is 2. The summed E-state index contributed by atoms with van der Waals surface area (Å²) in [5.74, 6) is -0.343. The van der Waals surface area contributed by atoms with Gasteiger partial charge in [0.15, 0.2) is 5.16 Å². The molecule has 24 heavy (non-hydrogen) atoms. The SMILES string of the molecule is C=CCn1cnnc1S[C@H](C)C(=O)N1CC(=O)Nc2ccccc21. The first-order valence-corrected chi connectivity index (χ1v) is 8.33. The number of nitrogens with one attached hydrogen (secondary N) is 1. The van der Waals surface area contributed by atoms with Crippen molar-refractivity contribution in [1.29, 1.82) is 0 Å². The molecule has 1 N–H and O–H groups in total. The van der Waals surface area contributed by atoms with E-state index in [1.165, 1.54) is 16.7 Å². The van der Waals surface area contributed by atoms with Gasteiger partial charge in [-0.15, -0.1) is 16.8 Å². The number of thioether (sulfide) groups is 1. The van der Waals surface area contributed by atoms with Crippen molar-refractivity contribution in [2.45, 2.75) is 23.9 Å². The fourth-order valence-corrected chi connectivity index (χ4v) is 3.35. The van der Waals surface area contributed by atoms with Crippen LogP contribution in [0.25, 0.3) is 0 Å². The first-order chi connectivity index (χ1) is 11.6. The number of rotatable bonds is 5. The van der Waals surface area contributed by atoms with Crippen molar-refractivity contribution in [2.24, 2.45) is 0 Å². The third-order valence-electron chi connectivity index (χ3n) is 3.57.